The summed E-state index contributed by atoms with van der Waals surface area (Å²) in [4.78, 5) is 41.1. The molecule has 4 fully saturated rings. The third-order valence-electron chi connectivity index (χ3n) is 11.0. The van der Waals surface area contributed by atoms with Crippen molar-refractivity contribution in [1.82, 2.24) is 34.8 Å². The third kappa shape index (κ3) is 5.02. The summed E-state index contributed by atoms with van der Waals surface area (Å²) in [6.07, 6.45) is 3.37. The lowest BCUT2D eigenvalue weighted by atomic mass is 9.95. The lowest BCUT2D eigenvalue weighted by molar-refractivity contribution is 0.107. The molecule has 2 unspecified atom stereocenters. The number of rotatable bonds is 5. The van der Waals surface area contributed by atoms with E-state index in [1.165, 1.54) is 12.1 Å². The smallest absolute Gasteiger partial charge is 0.360 e. The van der Waals surface area contributed by atoms with E-state index in [9.17, 15) is 23.6 Å². The first-order chi connectivity index (χ1) is 25.0. The molecule has 18 heteroatoms. The van der Waals surface area contributed by atoms with Crippen molar-refractivity contribution in [3.05, 3.63) is 57.0 Å². The summed E-state index contributed by atoms with van der Waals surface area (Å²) in [5.74, 6) is -1.10. The molecule has 4 atom stereocenters. The number of nitrogens with one attached hydrogen (secondary N) is 1. The Bertz CT molecular complexity index is 2400. The Kier molecular flexibility index (Phi) is 7.65. The molecular weight excluding hydrogens is 721 g/mol. The highest BCUT2D eigenvalue weighted by Crippen LogP contribution is 2.47. The van der Waals surface area contributed by atoms with Crippen LogP contribution in [0.15, 0.2) is 29.2 Å². The van der Waals surface area contributed by atoms with Crippen LogP contribution in [0.3, 0.4) is 0 Å². The Hall–Kier alpha value is -4.92. The van der Waals surface area contributed by atoms with E-state index in [0.29, 0.717) is 44.7 Å². The summed E-state index contributed by atoms with van der Waals surface area (Å²) in [5, 5.41) is 16.7. The molecule has 2 aromatic carbocycles. The molecule has 4 saturated heterocycles. The number of alkyl halides is 1. The van der Waals surface area contributed by atoms with Gasteiger partial charge < -0.3 is 20.3 Å². The number of nitrogens with zero attached hydrogens (tertiary/aromatic N) is 8. The van der Waals surface area contributed by atoms with Crippen molar-refractivity contribution in [2.24, 2.45) is 0 Å². The molecule has 268 valence electrons. The van der Waals surface area contributed by atoms with Gasteiger partial charge in [0.05, 0.1) is 32.9 Å². The zero-order valence-electron chi connectivity index (χ0n) is 27.4. The lowest BCUT2D eigenvalue weighted by Gasteiger charge is -2.41. The van der Waals surface area contributed by atoms with Gasteiger partial charge in [0.2, 0.25) is 0 Å². The molecule has 5 aromatic rings. The van der Waals surface area contributed by atoms with E-state index < -0.39 is 34.9 Å². The number of hydrogen-bond donors (Lipinski definition) is 2. The highest BCUT2D eigenvalue weighted by atomic mass is 35.5. The monoisotopic (exact) mass is 750 g/mol. The Morgan fingerprint density at radius 3 is 2.73 bits per heavy atom. The van der Waals surface area contributed by atoms with Gasteiger partial charge in [-0.2, -0.15) is 15.2 Å². The Balaban J connectivity index is 1.16. The average molecular weight is 751 g/mol. The molecule has 3 N–H and O–H groups in total. The number of ether oxygens (including phenoxy) is 1. The van der Waals surface area contributed by atoms with E-state index in [0.717, 1.165) is 41.7 Å². The number of halogens is 4. The fourth-order valence-electron chi connectivity index (χ4n) is 8.74. The largest absolute Gasteiger partial charge is 0.461 e. The summed E-state index contributed by atoms with van der Waals surface area (Å²) in [6.45, 7) is 1.83. The van der Waals surface area contributed by atoms with E-state index >= 15 is 4.39 Å². The number of hydrogen-bond acceptors (Lipinski definition) is 11. The topological polar surface area (TPSA) is 162 Å². The van der Waals surface area contributed by atoms with Crippen LogP contribution in [0.5, 0.6) is 6.01 Å². The van der Waals surface area contributed by atoms with Gasteiger partial charge in [0, 0.05) is 42.4 Å². The Morgan fingerprint density at radius 1 is 1.21 bits per heavy atom. The van der Waals surface area contributed by atoms with Crippen molar-refractivity contribution >= 4 is 60.8 Å². The number of benzene rings is 2. The van der Waals surface area contributed by atoms with Crippen molar-refractivity contribution < 1.29 is 22.7 Å². The minimum atomic E-state index is -0.981. The Labute approximate surface area is 302 Å². The van der Waals surface area contributed by atoms with E-state index in [1.807, 2.05) is 11.0 Å². The number of thiophene rings is 1. The number of piperazine rings is 1. The molecule has 2 bridgehead atoms. The van der Waals surface area contributed by atoms with Gasteiger partial charge in [-0.3, -0.25) is 9.69 Å². The maximum atomic E-state index is 17.1. The van der Waals surface area contributed by atoms with Gasteiger partial charge in [0.1, 0.15) is 47.2 Å². The quantitative estimate of drug-likeness (QED) is 0.249. The maximum absolute atomic E-state index is 17.1. The second-order valence-corrected chi connectivity index (χ2v) is 15.4. The zero-order chi connectivity index (χ0) is 36.1. The average Bonchev–Trinajstić information content (AvgIpc) is 3.92. The number of H-pyrrole nitrogens is 1. The molecule has 9 rings (SSSR count). The summed E-state index contributed by atoms with van der Waals surface area (Å²) in [6, 6.07) is 4.98. The normalized spacial score (nSPS) is 24.2. The molecule has 0 spiro atoms. The molecule has 4 aliphatic rings. The van der Waals surface area contributed by atoms with Crippen LogP contribution in [-0.4, -0.2) is 97.4 Å². The fourth-order valence-corrected chi connectivity index (χ4v) is 9.98. The van der Waals surface area contributed by atoms with Crippen molar-refractivity contribution in [3.8, 4) is 23.2 Å². The summed E-state index contributed by atoms with van der Waals surface area (Å²) in [5.41, 5.74) is 5.04. The fraction of sp³-hybridized carbons (Fsp3) is 0.412. The minimum absolute atomic E-state index is 0.0163. The van der Waals surface area contributed by atoms with Crippen LogP contribution >= 0.6 is 22.9 Å². The lowest BCUT2D eigenvalue weighted by Crippen LogP contribution is -2.57. The molecule has 13 nitrogen and oxygen atoms in total. The van der Waals surface area contributed by atoms with Gasteiger partial charge >= 0.3 is 12.0 Å². The molecule has 0 saturated carbocycles. The zero-order valence-corrected chi connectivity index (χ0v) is 29.0. The molecule has 7 heterocycles. The van der Waals surface area contributed by atoms with Crippen LogP contribution < -0.4 is 20.9 Å². The van der Waals surface area contributed by atoms with Crippen LogP contribution in [0.2, 0.25) is 5.02 Å². The van der Waals surface area contributed by atoms with E-state index in [-0.39, 0.29) is 72.4 Å². The number of carbonyl (C=O) groups excluding carboxylic acids is 1. The van der Waals surface area contributed by atoms with Crippen molar-refractivity contribution in [2.45, 2.75) is 55.9 Å². The van der Waals surface area contributed by atoms with Gasteiger partial charge in [-0.05, 0) is 49.9 Å². The molecular formula is C34H30ClF3N10O3S. The maximum Gasteiger partial charge on any atom is 0.360 e. The van der Waals surface area contributed by atoms with E-state index in [4.69, 9.17) is 27.1 Å². The third-order valence-corrected chi connectivity index (χ3v) is 12.3. The predicted octanol–water partition coefficient (Wildman–Crippen LogP) is 5.06. The van der Waals surface area contributed by atoms with Crippen LogP contribution in [0.1, 0.15) is 37.7 Å². The number of nitrogen functional groups attached to an aromatic ring is 1. The number of amides is 1. The summed E-state index contributed by atoms with van der Waals surface area (Å²) in [7, 11) is 0. The van der Waals surface area contributed by atoms with Gasteiger partial charge in [0.15, 0.2) is 5.82 Å². The molecule has 52 heavy (non-hydrogen) atoms. The number of fused-ring (bicyclic) bond motifs is 5. The minimum Gasteiger partial charge on any atom is -0.461 e. The van der Waals surface area contributed by atoms with Crippen molar-refractivity contribution in [1.29, 1.82) is 5.26 Å². The van der Waals surface area contributed by atoms with Gasteiger partial charge in [-0.25, -0.2) is 23.1 Å². The SMILES string of the molecule is N#Cc1c(N)sc2c(F)ccc(-c3c(Cl)cc4c(N5CC6CCC(C5)N6C(=O)n5ncc(=O)[nH]5)nc(OC[C@@]56CCCN5C[C@H](F)C6)nc4c3F)c12. The van der Waals surface area contributed by atoms with Crippen LogP contribution in [0, 0.1) is 23.0 Å². The van der Waals surface area contributed by atoms with Crippen LogP contribution in [0.4, 0.5) is 28.8 Å². The van der Waals surface area contributed by atoms with E-state index in [2.05, 4.69) is 20.1 Å². The first-order valence-corrected chi connectivity index (χ1v) is 18.1. The molecule has 4 aliphatic heterocycles. The van der Waals surface area contributed by atoms with Crippen molar-refractivity contribution in [3.63, 3.8) is 0 Å². The molecule has 3 aromatic heterocycles. The van der Waals surface area contributed by atoms with Gasteiger partial charge in [-0.1, -0.05) is 17.7 Å². The molecule has 1 amide bonds. The van der Waals surface area contributed by atoms with Crippen LogP contribution in [0.25, 0.3) is 32.1 Å². The Morgan fingerprint density at radius 2 is 2.00 bits per heavy atom. The number of aromatic amines is 1. The number of carbonyl (C=O) groups is 1. The van der Waals surface area contributed by atoms with Crippen molar-refractivity contribution in [2.75, 3.05) is 43.4 Å². The summed E-state index contributed by atoms with van der Waals surface area (Å²) >= 11 is 7.77. The van der Waals surface area contributed by atoms with Gasteiger partial charge in [0.25, 0.3) is 5.56 Å². The second-order valence-electron chi connectivity index (χ2n) is 13.9. The number of aromatic nitrogens is 5. The first kappa shape index (κ1) is 33.0. The highest BCUT2D eigenvalue weighted by Gasteiger charge is 2.50. The number of nitriles is 1. The first-order valence-electron chi connectivity index (χ1n) is 16.9. The highest BCUT2D eigenvalue weighted by molar-refractivity contribution is 7.23. The number of nitrogens with two attached hydrogens (primary N) is 1. The number of anilines is 2. The van der Waals surface area contributed by atoms with E-state index in [1.54, 1.807) is 11.0 Å². The summed E-state index contributed by atoms with van der Waals surface area (Å²) < 4.78 is 53.0. The second kappa shape index (κ2) is 12.1. The predicted molar refractivity (Wildman–Crippen MR) is 187 cm³/mol. The molecule has 0 aliphatic carbocycles. The molecule has 0 radical (unpaired) electrons. The standard InChI is InChI=1S/C34H30ClF3N10O3S/c35-22-8-20-28(27(38)26(22)19-4-5-23(37)29-25(19)21(10-39)30(40)52-29)42-32(51-15-34-6-1-7-46(34)12-16(36)9-34)43-31(20)45-13-17-2-3-18(14-45)47(17)33(50)48-41-11-24(49)44-48/h4-5,8,11,16-18H,1-3,6-7,9,12-15,40H2,(H,44,49)/t16-,17?,18?,34+/m1/s1. The van der Waals surface area contributed by atoms with Crippen LogP contribution in [-0.2, 0) is 0 Å². The van der Waals surface area contributed by atoms with Gasteiger partial charge in [-0.15, -0.1) is 21.2 Å².